The average molecular weight is 231 g/mol. The van der Waals surface area contributed by atoms with Crippen LogP contribution in [0.5, 0.6) is 5.75 Å². The van der Waals surface area contributed by atoms with E-state index in [1.165, 1.54) is 0 Å². The van der Waals surface area contributed by atoms with E-state index in [1.54, 1.807) is 6.20 Å². The number of nitrogen functional groups attached to an aromatic ring is 1. The van der Waals surface area contributed by atoms with Crippen molar-refractivity contribution >= 4 is 5.69 Å². The van der Waals surface area contributed by atoms with E-state index in [0.717, 1.165) is 23.7 Å². The molecule has 0 radical (unpaired) electrons. The second kappa shape index (κ2) is 4.91. The monoisotopic (exact) mass is 231 g/mol. The van der Waals surface area contributed by atoms with E-state index in [4.69, 9.17) is 10.5 Å². The van der Waals surface area contributed by atoms with Gasteiger partial charge in [0.2, 0.25) is 0 Å². The molecule has 1 aromatic heterocycles. The van der Waals surface area contributed by atoms with Gasteiger partial charge in [-0.3, -0.25) is 0 Å². The molecular formula is C13H17N3O. The molecule has 0 unspecified atom stereocenters. The molecule has 0 aliphatic rings. The molecule has 90 valence electrons. The van der Waals surface area contributed by atoms with Gasteiger partial charge in [0.05, 0.1) is 12.2 Å². The number of nitrogens with two attached hydrogens (primary N) is 1. The molecule has 4 nitrogen and oxygen atoms in total. The molecule has 0 saturated carbocycles. The van der Waals surface area contributed by atoms with Crippen molar-refractivity contribution in [3.05, 3.63) is 42.0 Å². The first-order valence-corrected chi connectivity index (χ1v) is 5.63. The van der Waals surface area contributed by atoms with Crippen LogP contribution in [0.2, 0.25) is 0 Å². The fourth-order valence-corrected chi connectivity index (χ4v) is 1.69. The van der Waals surface area contributed by atoms with Gasteiger partial charge >= 0.3 is 0 Å². The molecule has 2 N–H and O–H groups in total. The summed E-state index contributed by atoms with van der Waals surface area (Å²) in [6.07, 6.45) is 3.73. The van der Waals surface area contributed by atoms with Gasteiger partial charge < -0.3 is 15.0 Å². The van der Waals surface area contributed by atoms with Crippen molar-refractivity contribution in [2.24, 2.45) is 0 Å². The Morgan fingerprint density at radius 1 is 1.35 bits per heavy atom. The van der Waals surface area contributed by atoms with Crippen molar-refractivity contribution in [1.29, 1.82) is 0 Å². The number of anilines is 1. The number of rotatable bonds is 4. The van der Waals surface area contributed by atoms with Crippen molar-refractivity contribution in [3.8, 4) is 5.75 Å². The normalized spacial score (nSPS) is 10.5. The van der Waals surface area contributed by atoms with E-state index in [-0.39, 0.29) is 0 Å². The Hall–Kier alpha value is -1.97. The molecule has 0 bridgehead atoms. The number of benzene rings is 1. The SMILES string of the molecule is Cc1ccc(OCCn2ccnc2C)c(N)c1. The quantitative estimate of drug-likeness (QED) is 0.820. The summed E-state index contributed by atoms with van der Waals surface area (Å²) in [6.45, 7) is 5.35. The van der Waals surface area contributed by atoms with Crippen molar-refractivity contribution in [2.75, 3.05) is 12.3 Å². The Labute approximate surface area is 101 Å². The highest BCUT2D eigenvalue weighted by Gasteiger charge is 2.01. The largest absolute Gasteiger partial charge is 0.490 e. The van der Waals surface area contributed by atoms with E-state index in [0.29, 0.717) is 12.3 Å². The highest BCUT2D eigenvalue weighted by Crippen LogP contribution is 2.21. The molecule has 0 amide bonds. The summed E-state index contributed by atoms with van der Waals surface area (Å²) in [5.41, 5.74) is 7.69. The van der Waals surface area contributed by atoms with Crippen LogP contribution in [0.25, 0.3) is 0 Å². The van der Waals surface area contributed by atoms with Gasteiger partial charge in [0.1, 0.15) is 18.2 Å². The second-order valence-electron chi connectivity index (χ2n) is 4.06. The summed E-state index contributed by atoms with van der Waals surface area (Å²) in [5, 5.41) is 0. The second-order valence-corrected chi connectivity index (χ2v) is 4.06. The number of ether oxygens (including phenoxy) is 1. The van der Waals surface area contributed by atoms with Gasteiger partial charge in [-0.25, -0.2) is 4.98 Å². The molecule has 0 spiro atoms. The highest BCUT2D eigenvalue weighted by molar-refractivity contribution is 5.53. The molecule has 0 atom stereocenters. The predicted octanol–water partition coefficient (Wildman–Crippen LogP) is 2.16. The lowest BCUT2D eigenvalue weighted by Gasteiger charge is -2.10. The number of hydrogen-bond donors (Lipinski definition) is 1. The third kappa shape index (κ3) is 2.78. The van der Waals surface area contributed by atoms with Gasteiger partial charge in [0, 0.05) is 12.4 Å². The summed E-state index contributed by atoms with van der Waals surface area (Å²) >= 11 is 0. The number of hydrogen-bond acceptors (Lipinski definition) is 3. The summed E-state index contributed by atoms with van der Waals surface area (Å²) in [4.78, 5) is 4.15. The third-order valence-corrected chi connectivity index (χ3v) is 2.68. The minimum Gasteiger partial charge on any atom is -0.490 e. The first kappa shape index (κ1) is 11.5. The van der Waals surface area contributed by atoms with Crippen LogP contribution >= 0.6 is 0 Å². The standard InChI is InChI=1S/C13H17N3O/c1-10-3-4-13(12(14)9-10)17-8-7-16-6-5-15-11(16)2/h3-6,9H,7-8,14H2,1-2H3. The summed E-state index contributed by atoms with van der Waals surface area (Å²) < 4.78 is 7.69. The molecule has 0 aliphatic heterocycles. The van der Waals surface area contributed by atoms with Crippen molar-refractivity contribution in [3.63, 3.8) is 0 Å². The van der Waals surface area contributed by atoms with E-state index >= 15 is 0 Å². The zero-order chi connectivity index (χ0) is 12.3. The lowest BCUT2D eigenvalue weighted by Crippen LogP contribution is -2.09. The Balaban J connectivity index is 1.92. The molecule has 2 aromatic rings. The average Bonchev–Trinajstić information content (AvgIpc) is 2.68. The van der Waals surface area contributed by atoms with Crippen LogP contribution < -0.4 is 10.5 Å². The van der Waals surface area contributed by atoms with Crippen molar-refractivity contribution < 1.29 is 4.74 Å². The molecule has 1 aromatic carbocycles. The lowest BCUT2D eigenvalue weighted by molar-refractivity contribution is 0.298. The van der Waals surface area contributed by atoms with E-state index < -0.39 is 0 Å². The fraction of sp³-hybridized carbons (Fsp3) is 0.308. The smallest absolute Gasteiger partial charge is 0.142 e. The van der Waals surface area contributed by atoms with Gasteiger partial charge in [0.15, 0.2) is 0 Å². The zero-order valence-corrected chi connectivity index (χ0v) is 10.2. The van der Waals surface area contributed by atoms with Crippen LogP contribution in [0, 0.1) is 13.8 Å². The highest BCUT2D eigenvalue weighted by atomic mass is 16.5. The van der Waals surface area contributed by atoms with Gasteiger partial charge in [-0.1, -0.05) is 6.07 Å². The topological polar surface area (TPSA) is 53.1 Å². The van der Waals surface area contributed by atoms with Crippen molar-refractivity contribution in [2.45, 2.75) is 20.4 Å². The van der Waals surface area contributed by atoms with E-state index in [2.05, 4.69) is 4.98 Å². The number of aromatic nitrogens is 2. The first-order chi connectivity index (χ1) is 8.16. The van der Waals surface area contributed by atoms with Crippen LogP contribution in [-0.2, 0) is 6.54 Å². The molecule has 0 fully saturated rings. The van der Waals surface area contributed by atoms with Gasteiger partial charge in [-0.05, 0) is 31.5 Å². The molecule has 0 aliphatic carbocycles. The minimum absolute atomic E-state index is 0.588. The Kier molecular flexibility index (Phi) is 3.32. The van der Waals surface area contributed by atoms with Crippen LogP contribution in [0.4, 0.5) is 5.69 Å². The molecule has 2 rings (SSSR count). The molecule has 17 heavy (non-hydrogen) atoms. The number of aryl methyl sites for hydroxylation is 2. The van der Waals surface area contributed by atoms with Crippen molar-refractivity contribution in [1.82, 2.24) is 9.55 Å². The van der Waals surface area contributed by atoms with Gasteiger partial charge in [-0.15, -0.1) is 0 Å². The summed E-state index contributed by atoms with van der Waals surface area (Å²) in [5.74, 6) is 1.74. The van der Waals surface area contributed by atoms with Gasteiger partial charge in [0.25, 0.3) is 0 Å². The first-order valence-electron chi connectivity index (χ1n) is 5.63. The third-order valence-electron chi connectivity index (χ3n) is 2.68. The van der Waals surface area contributed by atoms with Gasteiger partial charge in [-0.2, -0.15) is 0 Å². The maximum Gasteiger partial charge on any atom is 0.142 e. The molecule has 4 heteroatoms. The Morgan fingerprint density at radius 2 is 2.18 bits per heavy atom. The van der Waals surface area contributed by atoms with Crippen LogP contribution in [0.15, 0.2) is 30.6 Å². The maximum absolute atomic E-state index is 5.87. The minimum atomic E-state index is 0.588. The molecular weight excluding hydrogens is 214 g/mol. The fourth-order valence-electron chi connectivity index (χ4n) is 1.69. The Bertz CT molecular complexity index is 505. The molecule has 1 heterocycles. The lowest BCUT2D eigenvalue weighted by atomic mass is 10.2. The summed E-state index contributed by atoms with van der Waals surface area (Å²) in [6, 6.07) is 5.82. The summed E-state index contributed by atoms with van der Waals surface area (Å²) in [7, 11) is 0. The molecule has 0 saturated heterocycles. The maximum atomic E-state index is 5.87. The van der Waals surface area contributed by atoms with E-state index in [1.807, 2.05) is 42.8 Å². The number of nitrogens with zero attached hydrogens (tertiary/aromatic N) is 2. The number of imidazole rings is 1. The Morgan fingerprint density at radius 3 is 2.82 bits per heavy atom. The van der Waals surface area contributed by atoms with Crippen LogP contribution in [0.1, 0.15) is 11.4 Å². The van der Waals surface area contributed by atoms with Crippen LogP contribution in [0.3, 0.4) is 0 Å². The zero-order valence-electron chi connectivity index (χ0n) is 10.2. The predicted molar refractivity (Wildman–Crippen MR) is 68.1 cm³/mol. The van der Waals surface area contributed by atoms with Crippen LogP contribution in [-0.4, -0.2) is 16.2 Å². The van der Waals surface area contributed by atoms with E-state index in [9.17, 15) is 0 Å².